The van der Waals surface area contributed by atoms with Gasteiger partial charge in [0.1, 0.15) is 5.54 Å². The minimum absolute atomic E-state index is 0.131. The first-order valence-corrected chi connectivity index (χ1v) is 7.62. The van der Waals surface area contributed by atoms with Gasteiger partial charge in [-0.2, -0.15) is 17.0 Å². The molecule has 20 heavy (non-hydrogen) atoms. The Morgan fingerprint density at radius 1 is 1.40 bits per heavy atom. The maximum atomic E-state index is 12.5. The Morgan fingerprint density at radius 3 is 2.45 bits per heavy atom. The van der Waals surface area contributed by atoms with Crippen LogP contribution in [0.25, 0.3) is 0 Å². The van der Waals surface area contributed by atoms with E-state index in [-0.39, 0.29) is 25.4 Å². The second kappa shape index (κ2) is 5.66. The summed E-state index contributed by atoms with van der Waals surface area (Å²) in [7, 11) is -0.922. The third-order valence-corrected chi connectivity index (χ3v) is 5.61. The van der Waals surface area contributed by atoms with E-state index in [4.69, 9.17) is 5.11 Å². The van der Waals surface area contributed by atoms with Crippen LogP contribution in [-0.2, 0) is 19.8 Å². The predicted molar refractivity (Wildman–Crippen MR) is 72.2 cm³/mol. The van der Waals surface area contributed by atoms with Gasteiger partial charge in [-0.25, -0.2) is 0 Å². The first-order chi connectivity index (χ1) is 9.01. The Bertz CT molecular complexity index is 502. The van der Waals surface area contributed by atoms with Crippen molar-refractivity contribution < 1.29 is 23.1 Å². The summed E-state index contributed by atoms with van der Waals surface area (Å²) in [6.07, 6.45) is -0.280. The molecule has 1 fully saturated rings. The van der Waals surface area contributed by atoms with Crippen molar-refractivity contribution in [2.75, 3.05) is 33.7 Å². The summed E-state index contributed by atoms with van der Waals surface area (Å²) in [5, 5.41) is 8.62. The van der Waals surface area contributed by atoms with E-state index in [1.54, 1.807) is 20.9 Å². The molecular formula is C11H21N3O5S. The van der Waals surface area contributed by atoms with Gasteiger partial charge < -0.3 is 10.0 Å². The van der Waals surface area contributed by atoms with E-state index in [9.17, 15) is 18.0 Å². The molecular weight excluding hydrogens is 286 g/mol. The number of carboxylic acid groups (broad SMARTS) is 1. The number of rotatable bonds is 5. The Kier molecular flexibility index (Phi) is 4.78. The molecule has 8 nitrogen and oxygen atoms in total. The van der Waals surface area contributed by atoms with Crippen molar-refractivity contribution in [3.05, 3.63) is 0 Å². The molecule has 0 aromatic carbocycles. The Labute approximate surface area is 119 Å². The zero-order valence-corrected chi connectivity index (χ0v) is 13.0. The van der Waals surface area contributed by atoms with E-state index in [1.807, 2.05) is 0 Å². The van der Waals surface area contributed by atoms with E-state index in [2.05, 4.69) is 0 Å². The number of nitrogens with zero attached hydrogens (tertiary/aromatic N) is 3. The molecule has 0 aromatic rings. The molecule has 1 rings (SSSR count). The molecule has 0 bridgehead atoms. The van der Waals surface area contributed by atoms with Crippen molar-refractivity contribution in [1.82, 2.24) is 13.5 Å². The average Bonchev–Trinajstić information content (AvgIpc) is 2.32. The molecule has 0 spiro atoms. The fraction of sp³-hybridized carbons (Fsp3) is 0.818. The van der Waals surface area contributed by atoms with Crippen LogP contribution in [0.15, 0.2) is 0 Å². The summed E-state index contributed by atoms with van der Waals surface area (Å²) in [6.45, 7) is 3.47. The molecule has 9 heteroatoms. The quantitative estimate of drug-likeness (QED) is 0.716. The monoisotopic (exact) mass is 307 g/mol. The molecule has 1 N–H and O–H groups in total. The van der Waals surface area contributed by atoms with E-state index in [1.165, 1.54) is 11.9 Å². The first-order valence-electron chi connectivity index (χ1n) is 6.22. The van der Waals surface area contributed by atoms with Crippen molar-refractivity contribution >= 4 is 22.1 Å². The highest BCUT2D eigenvalue weighted by molar-refractivity contribution is 7.86. The zero-order chi connectivity index (χ0) is 15.7. The number of hydrogen-bond acceptors (Lipinski definition) is 4. The van der Waals surface area contributed by atoms with Gasteiger partial charge in [-0.05, 0) is 13.8 Å². The van der Waals surface area contributed by atoms with Crippen LogP contribution in [0.3, 0.4) is 0 Å². The van der Waals surface area contributed by atoms with E-state index in [0.29, 0.717) is 6.54 Å². The summed E-state index contributed by atoms with van der Waals surface area (Å²) in [5.41, 5.74) is -1.18. The highest BCUT2D eigenvalue weighted by Gasteiger charge is 2.47. The summed E-state index contributed by atoms with van der Waals surface area (Å²) in [5.74, 6) is -1.35. The molecule has 1 saturated heterocycles. The number of aliphatic carboxylic acids is 1. The second-order valence-electron chi connectivity index (χ2n) is 5.33. The molecule has 1 heterocycles. The third-order valence-electron chi connectivity index (χ3n) is 3.45. The van der Waals surface area contributed by atoms with Crippen LogP contribution >= 0.6 is 0 Å². The average molecular weight is 307 g/mol. The number of likely N-dealkylation sites (N-methyl/N-ethyl adjacent to an activating group) is 1. The number of hydrogen-bond donors (Lipinski definition) is 1. The SMILES string of the molecule is CN1CCN(S(=O)(=O)N(C)CCC(=O)O)C(C)(C)C1=O. The van der Waals surface area contributed by atoms with Gasteiger partial charge in [-0.1, -0.05) is 0 Å². The van der Waals surface area contributed by atoms with Gasteiger partial charge in [0.05, 0.1) is 6.42 Å². The van der Waals surface area contributed by atoms with Gasteiger partial charge in [-0.3, -0.25) is 9.59 Å². The van der Waals surface area contributed by atoms with Crippen molar-refractivity contribution in [2.45, 2.75) is 25.8 Å². The summed E-state index contributed by atoms with van der Waals surface area (Å²) in [6, 6.07) is 0. The lowest BCUT2D eigenvalue weighted by atomic mass is 10.0. The summed E-state index contributed by atoms with van der Waals surface area (Å²) >= 11 is 0. The molecule has 0 unspecified atom stereocenters. The lowest BCUT2D eigenvalue weighted by Crippen LogP contribution is -2.65. The number of amides is 1. The maximum Gasteiger partial charge on any atom is 0.304 e. The molecule has 1 aliphatic heterocycles. The maximum absolute atomic E-state index is 12.5. The smallest absolute Gasteiger partial charge is 0.304 e. The fourth-order valence-corrected chi connectivity index (χ4v) is 3.76. The first kappa shape index (κ1) is 16.9. The topological polar surface area (TPSA) is 98.2 Å². The van der Waals surface area contributed by atoms with Gasteiger partial charge in [-0.15, -0.1) is 0 Å². The Hall–Kier alpha value is -1.19. The predicted octanol–water partition coefficient (Wildman–Crippen LogP) is -0.810. The lowest BCUT2D eigenvalue weighted by Gasteiger charge is -2.44. The van der Waals surface area contributed by atoms with Crippen molar-refractivity contribution in [3.8, 4) is 0 Å². The largest absolute Gasteiger partial charge is 0.481 e. The van der Waals surface area contributed by atoms with Crippen molar-refractivity contribution in [2.24, 2.45) is 0 Å². The van der Waals surface area contributed by atoms with Gasteiger partial charge in [0, 0.05) is 33.7 Å². The standard InChI is InChI=1S/C11H21N3O5S/c1-11(2)10(17)12(3)7-8-14(11)20(18,19)13(4)6-5-9(15)16/h5-8H2,1-4H3,(H,15,16). The summed E-state index contributed by atoms with van der Waals surface area (Å²) < 4.78 is 27.0. The Balaban J connectivity index is 2.97. The van der Waals surface area contributed by atoms with Gasteiger partial charge in [0.2, 0.25) is 5.91 Å². The Morgan fingerprint density at radius 2 is 1.95 bits per heavy atom. The van der Waals surface area contributed by atoms with E-state index >= 15 is 0 Å². The van der Waals surface area contributed by atoms with E-state index < -0.39 is 21.7 Å². The van der Waals surface area contributed by atoms with Gasteiger partial charge in [0.15, 0.2) is 0 Å². The van der Waals surface area contributed by atoms with Crippen LogP contribution in [0.5, 0.6) is 0 Å². The highest BCUT2D eigenvalue weighted by atomic mass is 32.2. The molecule has 1 aliphatic rings. The van der Waals surface area contributed by atoms with Crippen LogP contribution in [0, 0.1) is 0 Å². The van der Waals surface area contributed by atoms with Crippen molar-refractivity contribution in [3.63, 3.8) is 0 Å². The molecule has 116 valence electrons. The minimum Gasteiger partial charge on any atom is -0.481 e. The van der Waals surface area contributed by atoms with Crippen LogP contribution in [0.4, 0.5) is 0 Å². The molecule has 0 atom stereocenters. The van der Waals surface area contributed by atoms with Crippen LogP contribution in [-0.4, -0.2) is 78.2 Å². The highest BCUT2D eigenvalue weighted by Crippen LogP contribution is 2.26. The minimum atomic E-state index is -3.87. The lowest BCUT2D eigenvalue weighted by molar-refractivity contribution is -0.143. The van der Waals surface area contributed by atoms with Crippen LogP contribution in [0.2, 0.25) is 0 Å². The summed E-state index contributed by atoms with van der Waals surface area (Å²) in [4.78, 5) is 24.1. The number of piperazine rings is 1. The van der Waals surface area contributed by atoms with Crippen molar-refractivity contribution in [1.29, 1.82) is 0 Å². The zero-order valence-electron chi connectivity index (χ0n) is 12.2. The van der Waals surface area contributed by atoms with Gasteiger partial charge >= 0.3 is 5.97 Å². The molecule has 0 aliphatic carbocycles. The molecule has 1 amide bonds. The van der Waals surface area contributed by atoms with E-state index in [0.717, 1.165) is 8.61 Å². The van der Waals surface area contributed by atoms with Gasteiger partial charge in [0.25, 0.3) is 10.2 Å². The molecule has 0 saturated carbocycles. The number of carbonyl (C=O) groups is 2. The molecule has 0 aromatic heterocycles. The third kappa shape index (κ3) is 3.10. The fourth-order valence-electron chi connectivity index (χ4n) is 2.14. The normalized spacial score (nSPS) is 20.4. The van der Waals surface area contributed by atoms with Crippen LogP contribution in [0.1, 0.15) is 20.3 Å². The number of carboxylic acids is 1. The second-order valence-corrected chi connectivity index (χ2v) is 7.29. The van der Waals surface area contributed by atoms with Crippen LogP contribution < -0.4 is 0 Å². The number of carbonyl (C=O) groups excluding carboxylic acids is 1. The molecule has 0 radical (unpaired) electrons.